The number of likely N-dealkylation sites (tertiary alicyclic amines) is 1. The molecule has 0 bridgehead atoms. The molecule has 0 aliphatic carbocycles. The van der Waals surface area contributed by atoms with Crippen molar-refractivity contribution < 1.29 is 4.79 Å². The lowest BCUT2D eigenvalue weighted by atomic mass is 9.96. The van der Waals surface area contributed by atoms with E-state index in [1.165, 1.54) is 56.9 Å². The Balaban J connectivity index is 1.77. The number of carbonyl (C=O) groups is 1. The minimum absolute atomic E-state index is 0.1000. The highest BCUT2D eigenvalue weighted by molar-refractivity contribution is 5.97. The Kier molecular flexibility index (Phi) is 8.52. The third-order valence-electron chi connectivity index (χ3n) is 5.24. The molecule has 1 heterocycles. The summed E-state index contributed by atoms with van der Waals surface area (Å²) in [5.41, 5.74) is 2.25. The molecule has 1 aromatic rings. The van der Waals surface area contributed by atoms with E-state index >= 15 is 0 Å². The van der Waals surface area contributed by atoms with Crippen LogP contribution >= 0.6 is 0 Å². The second-order valence-electron chi connectivity index (χ2n) is 7.49. The van der Waals surface area contributed by atoms with Gasteiger partial charge in [0, 0.05) is 18.0 Å². The number of nitrogens with zero attached hydrogens (tertiary/aromatic N) is 1. The molecule has 1 aliphatic rings. The lowest BCUT2D eigenvalue weighted by molar-refractivity contribution is 0.0883. The fourth-order valence-corrected chi connectivity index (χ4v) is 3.67. The van der Waals surface area contributed by atoms with Gasteiger partial charge in [-0.15, -0.1) is 0 Å². The van der Waals surface area contributed by atoms with Crippen molar-refractivity contribution in [3.63, 3.8) is 0 Å². The van der Waals surface area contributed by atoms with Crippen LogP contribution in [0.25, 0.3) is 0 Å². The zero-order valence-corrected chi connectivity index (χ0v) is 15.7. The fraction of sp³-hybridized carbons (Fsp3) is 0.682. The van der Waals surface area contributed by atoms with Gasteiger partial charge in [0.25, 0.3) is 0 Å². The van der Waals surface area contributed by atoms with E-state index in [1.807, 2.05) is 12.1 Å². The van der Waals surface area contributed by atoms with Crippen molar-refractivity contribution in [3.05, 3.63) is 35.4 Å². The van der Waals surface area contributed by atoms with Gasteiger partial charge in [-0.1, -0.05) is 70.2 Å². The lowest BCUT2D eigenvalue weighted by Crippen LogP contribution is -2.35. The fourth-order valence-electron chi connectivity index (χ4n) is 3.67. The molecule has 1 aromatic carbocycles. The predicted molar refractivity (Wildman–Crippen MR) is 103 cm³/mol. The molecule has 0 N–H and O–H groups in total. The van der Waals surface area contributed by atoms with Crippen molar-refractivity contribution in [1.82, 2.24) is 4.90 Å². The van der Waals surface area contributed by atoms with Crippen LogP contribution in [0, 0.1) is 5.92 Å². The Bertz CT molecular complexity index is 473. The largest absolute Gasteiger partial charge is 0.303 e. The van der Waals surface area contributed by atoms with Crippen LogP contribution in [0.15, 0.2) is 24.3 Å². The van der Waals surface area contributed by atoms with Crippen LogP contribution in [0.3, 0.4) is 0 Å². The Morgan fingerprint density at radius 3 is 2.33 bits per heavy atom. The normalized spacial score (nSPS) is 16.9. The molecule has 2 rings (SSSR count). The first-order valence-corrected chi connectivity index (χ1v) is 10.1. The maximum Gasteiger partial charge on any atom is 0.166 e. The second kappa shape index (κ2) is 10.7. The molecule has 1 unspecified atom stereocenters. The number of aryl methyl sites for hydroxylation is 1. The van der Waals surface area contributed by atoms with Gasteiger partial charge < -0.3 is 4.90 Å². The van der Waals surface area contributed by atoms with Gasteiger partial charge in [0.05, 0.1) is 0 Å². The molecule has 2 nitrogen and oxygen atoms in total. The van der Waals surface area contributed by atoms with Crippen LogP contribution in [0.4, 0.5) is 0 Å². The topological polar surface area (TPSA) is 20.3 Å². The highest BCUT2D eigenvalue weighted by atomic mass is 16.1. The van der Waals surface area contributed by atoms with Crippen molar-refractivity contribution in [2.75, 3.05) is 19.6 Å². The molecule has 1 aliphatic heterocycles. The Hall–Kier alpha value is -1.15. The van der Waals surface area contributed by atoms with Crippen molar-refractivity contribution >= 4 is 5.78 Å². The molecule has 24 heavy (non-hydrogen) atoms. The molecule has 134 valence electrons. The molecule has 1 saturated heterocycles. The van der Waals surface area contributed by atoms with Crippen molar-refractivity contribution in [3.8, 4) is 0 Å². The highest BCUT2D eigenvalue weighted by Crippen LogP contribution is 2.16. The number of Topliss-reactive ketones (excluding diaryl/α,β-unsaturated/α-hetero) is 1. The smallest absolute Gasteiger partial charge is 0.166 e. The highest BCUT2D eigenvalue weighted by Gasteiger charge is 2.19. The van der Waals surface area contributed by atoms with Gasteiger partial charge in [-0.05, 0) is 44.3 Å². The minimum atomic E-state index is 0.1000. The predicted octanol–water partition coefficient (Wildman–Crippen LogP) is 5.50. The average molecular weight is 330 g/mol. The summed E-state index contributed by atoms with van der Waals surface area (Å²) in [6.45, 7) is 7.57. The van der Waals surface area contributed by atoms with Gasteiger partial charge in [-0.25, -0.2) is 0 Å². The number of rotatable bonds is 10. The first-order chi connectivity index (χ1) is 11.7. The second-order valence-corrected chi connectivity index (χ2v) is 7.49. The molecule has 1 atom stereocenters. The van der Waals surface area contributed by atoms with E-state index in [0.717, 1.165) is 31.6 Å². The summed E-state index contributed by atoms with van der Waals surface area (Å²) in [7, 11) is 0. The number of carbonyl (C=O) groups excluding carboxylic acids is 1. The number of piperidine rings is 1. The van der Waals surface area contributed by atoms with Gasteiger partial charge in [-0.2, -0.15) is 0 Å². The third-order valence-corrected chi connectivity index (χ3v) is 5.24. The van der Waals surface area contributed by atoms with Crippen molar-refractivity contribution in [2.45, 2.75) is 71.6 Å². The van der Waals surface area contributed by atoms with Crippen LogP contribution in [-0.2, 0) is 6.42 Å². The van der Waals surface area contributed by atoms with E-state index in [9.17, 15) is 4.79 Å². The minimum Gasteiger partial charge on any atom is -0.303 e. The van der Waals surface area contributed by atoms with Crippen molar-refractivity contribution in [1.29, 1.82) is 0 Å². The quantitative estimate of drug-likeness (QED) is 0.417. The summed E-state index contributed by atoms with van der Waals surface area (Å²) in [6.07, 6.45) is 11.6. The summed E-state index contributed by atoms with van der Waals surface area (Å²) in [6, 6.07) is 8.38. The van der Waals surface area contributed by atoms with Gasteiger partial charge in [-0.3, -0.25) is 4.79 Å². The first kappa shape index (κ1) is 19.2. The van der Waals surface area contributed by atoms with E-state index in [2.05, 4.69) is 30.9 Å². The van der Waals surface area contributed by atoms with E-state index in [0.29, 0.717) is 5.78 Å². The standard InChI is InChI=1S/C22H35NO/c1-3-4-5-6-8-11-20-12-14-21(15-13-20)22(24)19(2)18-23-16-9-7-10-17-23/h12-15,19H,3-11,16-18H2,1-2H3. The molecule has 0 saturated carbocycles. The molecule has 0 spiro atoms. The van der Waals surface area contributed by atoms with Gasteiger partial charge >= 0.3 is 0 Å². The summed E-state index contributed by atoms with van der Waals surface area (Å²) in [4.78, 5) is 15.1. The monoisotopic (exact) mass is 329 g/mol. The first-order valence-electron chi connectivity index (χ1n) is 10.1. The average Bonchev–Trinajstić information content (AvgIpc) is 2.62. The number of benzene rings is 1. The van der Waals surface area contributed by atoms with Crippen LogP contribution in [0.1, 0.15) is 81.1 Å². The van der Waals surface area contributed by atoms with Crippen molar-refractivity contribution in [2.24, 2.45) is 5.92 Å². The molecular formula is C22H35NO. The summed E-state index contributed by atoms with van der Waals surface area (Å²) >= 11 is 0. The Morgan fingerprint density at radius 1 is 1.00 bits per heavy atom. The van der Waals surface area contributed by atoms with Gasteiger partial charge in [0.2, 0.25) is 0 Å². The number of ketones is 1. The van der Waals surface area contributed by atoms with Crippen LogP contribution in [-0.4, -0.2) is 30.3 Å². The van der Waals surface area contributed by atoms with Crippen LogP contribution < -0.4 is 0 Å². The molecule has 2 heteroatoms. The maximum absolute atomic E-state index is 12.6. The maximum atomic E-state index is 12.6. The van der Waals surface area contributed by atoms with E-state index < -0.39 is 0 Å². The Labute approximate surface area is 148 Å². The number of unbranched alkanes of at least 4 members (excludes halogenated alkanes) is 4. The zero-order valence-electron chi connectivity index (χ0n) is 15.7. The van der Waals surface area contributed by atoms with Crippen LogP contribution in [0.5, 0.6) is 0 Å². The van der Waals surface area contributed by atoms with E-state index in [4.69, 9.17) is 0 Å². The third kappa shape index (κ3) is 6.39. The van der Waals surface area contributed by atoms with Gasteiger partial charge in [0.15, 0.2) is 5.78 Å². The van der Waals surface area contributed by atoms with E-state index in [-0.39, 0.29) is 5.92 Å². The summed E-state index contributed by atoms with van der Waals surface area (Å²) in [5, 5.41) is 0. The lowest BCUT2D eigenvalue weighted by Gasteiger charge is -2.28. The van der Waals surface area contributed by atoms with E-state index in [1.54, 1.807) is 0 Å². The summed E-state index contributed by atoms with van der Waals surface area (Å²) < 4.78 is 0. The molecule has 0 aromatic heterocycles. The summed E-state index contributed by atoms with van der Waals surface area (Å²) in [5.74, 6) is 0.401. The molecule has 0 radical (unpaired) electrons. The molecular weight excluding hydrogens is 294 g/mol. The van der Waals surface area contributed by atoms with Crippen LogP contribution in [0.2, 0.25) is 0 Å². The molecule has 1 fully saturated rings. The molecule has 0 amide bonds. The van der Waals surface area contributed by atoms with Gasteiger partial charge in [0.1, 0.15) is 0 Å². The SMILES string of the molecule is CCCCCCCc1ccc(C(=O)C(C)CN2CCCCC2)cc1. The number of hydrogen-bond acceptors (Lipinski definition) is 2. The number of hydrogen-bond donors (Lipinski definition) is 0. The zero-order chi connectivity index (χ0) is 17.2. The Morgan fingerprint density at radius 2 is 1.67 bits per heavy atom.